The van der Waals surface area contributed by atoms with Gasteiger partial charge in [0.25, 0.3) is 0 Å². The van der Waals surface area contributed by atoms with Gasteiger partial charge in [-0.2, -0.15) is 0 Å². The van der Waals surface area contributed by atoms with Crippen molar-refractivity contribution in [1.82, 2.24) is 9.97 Å². The van der Waals surface area contributed by atoms with Crippen molar-refractivity contribution in [3.63, 3.8) is 0 Å². The minimum atomic E-state index is 0.844. The maximum Gasteiger partial charge on any atom is 0.134 e. The van der Waals surface area contributed by atoms with E-state index in [0.29, 0.717) is 0 Å². The zero-order chi connectivity index (χ0) is 13.3. The maximum absolute atomic E-state index is 4.42. The number of nitrogens with one attached hydrogen (secondary N) is 1. The lowest BCUT2D eigenvalue weighted by Gasteiger charge is -2.10. The number of nitrogens with zero attached hydrogens (tertiary/aromatic N) is 2. The van der Waals surface area contributed by atoms with Crippen LogP contribution in [0.15, 0.2) is 42.7 Å². The fourth-order valence-corrected chi connectivity index (χ4v) is 2.05. The van der Waals surface area contributed by atoms with Crippen molar-refractivity contribution >= 4 is 11.6 Å². The molecule has 0 aliphatic rings. The van der Waals surface area contributed by atoms with Crippen LogP contribution >= 0.6 is 0 Å². The number of rotatable bonds is 7. The summed E-state index contributed by atoms with van der Waals surface area (Å²) in [6.45, 7) is 2.23. The molecule has 0 amide bonds. The van der Waals surface area contributed by atoms with E-state index in [1.165, 1.54) is 31.2 Å². The fourth-order valence-electron chi connectivity index (χ4n) is 2.05. The Kier molecular flexibility index (Phi) is 5.35. The molecule has 2 rings (SSSR count). The monoisotopic (exact) mass is 255 g/mol. The highest BCUT2D eigenvalue weighted by atomic mass is 15.0. The van der Waals surface area contributed by atoms with E-state index in [2.05, 4.69) is 28.3 Å². The minimum absolute atomic E-state index is 0.844. The number of hydrogen-bond acceptors (Lipinski definition) is 3. The Hall–Kier alpha value is -1.90. The maximum atomic E-state index is 4.42. The standard InChI is InChI=1S/C16H21N3/c1-2-3-4-5-9-14-10-8-13-18-16(14)19-15-11-6-7-12-17-15/h6-8,10-13H,2-5,9H2,1H3,(H,17,18,19). The van der Waals surface area contributed by atoms with Crippen molar-refractivity contribution in [3.8, 4) is 0 Å². The van der Waals surface area contributed by atoms with Gasteiger partial charge in [-0.1, -0.05) is 38.3 Å². The lowest BCUT2D eigenvalue weighted by Crippen LogP contribution is -2.00. The van der Waals surface area contributed by atoms with Gasteiger partial charge in [0.2, 0.25) is 0 Å². The molecule has 2 heterocycles. The molecule has 2 aromatic heterocycles. The number of aromatic nitrogens is 2. The van der Waals surface area contributed by atoms with Crippen LogP contribution in [0.3, 0.4) is 0 Å². The zero-order valence-electron chi connectivity index (χ0n) is 11.5. The molecule has 0 spiro atoms. The first-order valence-electron chi connectivity index (χ1n) is 7.02. The summed E-state index contributed by atoms with van der Waals surface area (Å²) in [7, 11) is 0. The Morgan fingerprint density at radius 3 is 2.63 bits per heavy atom. The van der Waals surface area contributed by atoms with Crippen LogP contribution in [0.4, 0.5) is 11.6 Å². The molecule has 3 nitrogen and oxygen atoms in total. The van der Waals surface area contributed by atoms with Gasteiger partial charge in [-0.3, -0.25) is 0 Å². The van der Waals surface area contributed by atoms with Crippen LogP contribution in [-0.2, 0) is 6.42 Å². The number of anilines is 2. The summed E-state index contributed by atoms with van der Waals surface area (Å²) in [5.74, 6) is 1.77. The third kappa shape index (κ3) is 4.36. The van der Waals surface area contributed by atoms with Gasteiger partial charge in [-0.05, 0) is 36.6 Å². The van der Waals surface area contributed by atoms with Crippen LogP contribution in [-0.4, -0.2) is 9.97 Å². The van der Waals surface area contributed by atoms with Crippen LogP contribution in [0, 0.1) is 0 Å². The first-order valence-corrected chi connectivity index (χ1v) is 7.02. The lowest BCUT2D eigenvalue weighted by molar-refractivity contribution is 0.666. The SMILES string of the molecule is CCCCCCc1cccnc1Nc1ccccn1. The van der Waals surface area contributed by atoms with E-state index in [1.54, 1.807) is 6.20 Å². The molecule has 100 valence electrons. The molecule has 19 heavy (non-hydrogen) atoms. The van der Waals surface area contributed by atoms with Gasteiger partial charge >= 0.3 is 0 Å². The van der Waals surface area contributed by atoms with Crippen LogP contribution in [0.2, 0.25) is 0 Å². The first-order chi connectivity index (χ1) is 9.40. The third-order valence-corrected chi connectivity index (χ3v) is 3.10. The van der Waals surface area contributed by atoms with Gasteiger partial charge in [0.1, 0.15) is 11.6 Å². The average Bonchev–Trinajstić information content (AvgIpc) is 2.46. The van der Waals surface area contributed by atoms with Crippen molar-refractivity contribution in [2.24, 2.45) is 0 Å². The molecule has 3 heteroatoms. The summed E-state index contributed by atoms with van der Waals surface area (Å²) in [6, 6.07) is 9.98. The van der Waals surface area contributed by atoms with Crippen LogP contribution in [0.5, 0.6) is 0 Å². The van der Waals surface area contributed by atoms with Crippen LogP contribution < -0.4 is 5.32 Å². The second kappa shape index (κ2) is 7.52. The fraction of sp³-hybridized carbons (Fsp3) is 0.375. The molecule has 0 aromatic carbocycles. The molecule has 0 fully saturated rings. The van der Waals surface area contributed by atoms with E-state index in [4.69, 9.17) is 0 Å². The number of pyridine rings is 2. The first kappa shape index (κ1) is 13.5. The molecule has 1 N–H and O–H groups in total. The topological polar surface area (TPSA) is 37.8 Å². The van der Waals surface area contributed by atoms with Gasteiger partial charge in [-0.25, -0.2) is 9.97 Å². The second-order valence-corrected chi connectivity index (χ2v) is 4.66. The molecule has 0 aliphatic carbocycles. The molecule has 2 aromatic rings. The summed E-state index contributed by atoms with van der Waals surface area (Å²) in [5, 5.41) is 3.29. The number of hydrogen-bond donors (Lipinski definition) is 1. The quantitative estimate of drug-likeness (QED) is 0.748. The van der Waals surface area contributed by atoms with E-state index >= 15 is 0 Å². The number of unbranched alkanes of at least 4 members (excludes halogenated alkanes) is 3. The highest BCUT2D eigenvalue weighted by Crippen LogP contribution is 2.18. The average molecular weight is 255 g/mol. The van der Waals surface area contributed by atoms with E-state index in [9.17, 15) is 0 Å². The Bertz CT molecular complexity index is 482. The summed E-state index contributed by atoms with van der Waals surface area (Å²) in [6.07, 6.45) is 9.76. The molecule has 0 bridgehead atoms. The summed E-state index contributed by atoms with van der Waals surface area (Å²) >= 11 is 0. The van der Waals surface area contributed by atoms with Crippen molar-refractivity contribution < 1.29 is 0 Å². The van der Waals surface area contributed by atoms with Crippen molar-refractivity contribution in [1.29, 1.82) is 0 Å². The highest BCUT2D eigenvalue weighted by Gasteiger charge is 2.03. The molecule has 0 aliphatic heterocycles. The molecule has 0 saturated heterocycles. The van der Waals surface area contributed by atoms with E-state index in [1.807, 2.05) is 30.5 Å². The lowest BCUT2D eigenvalue weighted by atomic mass is 10.1. The van der Waals surface area contributed by atoms with Gasteiger partial charge in [0.05, 0.1) is 0 Å². The molecular formula is C16H21N3. The Balaban J connectivity index is 2.00. The van der Waals surface area contributed by atoms with Gasteiger partial charge in [0, 0.05) is 12.4 Å². The van der Waals surface area contributed by atoms with E-state index in [-0.39, 0.29) is 0 Å². The molecular weight excluding hydrogens is 234 g/mol. The van der Waals surface area contributed by atoms with Crippen molar-refractivity contribution in [3.05, 3.63) is 48.3 Å². The van der Waals surface area contributed by atoms with Crippen LogP contribution in [0.1, 0.15) is 38.2 Å². The zero-order valence-corrected chi connectivity index (χ0v) is 11.5. The minimum Gasteiger partial charge on any atom is -0.325 e. The highest BCUT2D eigenvalue weighted by molar-refractivity contribution is 5.55. The second-order valence-electron chi connectivity index (χ2n) is 4.66. The third-order valence-electron chi connectivity index (χ3n) is 3.10. The summed E-state index contributed by atoms with van der Waals surface area (Å²) in [5.41, 5.74) is 1.27. The van der Waals surface area contributed by atoms with E-state index in [0.717, 1.165) is 18.1 Å². The summed E-state index contributed by atoms with van der Waals surface area (Å²) in [4.78, 5) is 8.70. The Morgan fingerprint density at radius 1 is 0.947 bits per heavy atom. The van der Waals surface area contributed by atoms with Crippen molar-refractivity contribution in [2.75, 3.05) is 5.32 Å². The Morgan fingerprint density at radius 2 is 1.84 bits per heavy atom. The molecule has 0 unspecified atom stereocenters. The summed E-state index contributed by atoms with van der Waals surface area (Å²) < 4.78 is 0. The number of aryl methyl sites for hydroxylation is 1. The molecule has 0 atom stereocenters. The Labute approximate surface area is 115 Å². The predicted molar refractivity (Wildman–Crippen MR) is 79.6 cm³/mol. The normalized spacial score (nSPS) is 10.4. The van der Waals surface area contributed by atoms with E-state index < -0.39 is 0 Å². The van der Waals surface area contributed by atoms with Gasteiger partial charge in [-0.15, -0.1) is 0 Å². The van der Waals surface area contributed by atoms with Crippen molar-refractivity contribution in [2.45, 2.75) is 39.0 Å². The molecule has 0 saturated carbocycles. The van der Waals surface area contributed by atoms with Gasteiger partial charge < -0.3 is 5.32 Å². The van der Waals surface area contributed by atoms with Gasteiger partial charge in [0.15, 0.2) is 0 Å². The molecule has 0 radical (unpaired) electrons. The smallest absolute Gasteiger partial charge is 0.134 e. The largest absolute Gasteiger partial charge is 0.325 e. The predicted octanol–water partition coefficient (Wildman–Crippen LogP) is 4.34. The van der Waals surface area contributed by atoms with Crippen LogP contribution in [0.25, 0.3) is 0 Å².